The quantitative estimate of drug-likeness (QED) is 0.710. The SMILES string of the molecule is CC(C)(C)CC(C)(C)NCCC1CC1. The van der Waals surface area contributed by atoms with Crippen LogP contribution in [0.5, 0.6) is 0 Å². The lowest BCUT2D eigenvalue weighted by Crippen LogP contribution is -2.42. The number of hydrogen-bond donors (Lipinski definition) is 1. The van der Waals surface area contributed by atoms with E-state index in [0.717, 1.165) is 5.92 Å². The van der Waals surface area contributed by atoms with Crippen LogP contribution in [0.2, 0.25) is 0 Å². The minimum absolute atomic E-state index is 0.299. The number of hydrogen-bond acceptors (Lipinski definition) is 1. The highest BCUT2D eigenvalue weighted by molar-refractivity contribution is 4.84. The Morgan fingerprint density at radius 1 is 1.07 bits per heavy atom. The van der Waals surface area contributed by atoms with Crippen LogP contribution in [0.1, 0.15) is 60.3 Å². The summed E-state index contributed by atoms with van der Waals surface area (Å²) in [5.41, 5.74) is 0.725. The molecular weight excluding hydrogens is 170 g/mol. The van der Waals surface area contributed by atoms with Crippen LogP contribution in [-0.4, -0.2) is 12.1 Å². The normalized spacial score (nSPS) is 18.6. The van der Waals surface area contributed by atoms with Gasteiger partial charge in [0.15, 0.2) is 0 Å². The Hall–Kier alpha value is -0.0400. The molecule has 0 saturated heterocycles. The molecule has 14 heavy (non-hydrogen) atoms. The van der Waals surface area contributed by atoms with Crippen molar-refractivity contribution in [3.63, 3.8) is 0 Å². The summed E-state index contributed by atoms with van der Waals surface area (Å²) < 4.78 is 0. The third-order valence-corrected chi connectivity index (χ3v) is 2.83. The van der Waals surface area contributed by atoms with Gasteiger partial charge in [-0.15, -0.1) is 0 Å². The van der Waals surface area contributed by atoms with Crippen LogP contribution < -0.4 is 5.32 Å². The molecule has 1 rings (SSSR count). The van der Waals surface area contributed by atoms with E-state index in [4.69, 9.17) is 0 Å². The fraction of sp³-hybridized carbons (Fsp3) is 1.00. The number of rotatable bonds is 5. The van der Waals surface area contributed by atoms with E-state index in [2.05, 4.69) is 39.9 Å². The van der Waals surface area contributed by atoms with Gasteiger partial charge in [-0.3, -0.25) is 0 Å². The topological polar surface area (TPSA) is 12.0 Å². The molecule has 0 radical (unpaired) electrons. The Morgan fingerprint density at radius 3 is 2.07 bits per heavy atom. The summed E-state index contributed by atoms with van der Waals surface area (Å²) in [6.07, 6.45) is 5.57. The predicted molar refractivity (Wildman–Crippen MR) is 63.5 cm³/mol. The first-order valence-corrected chi connectivity index (χ1v) is 6.04. The van der Waals surface area contributed by atoms with Gasteiger partial charge >= 0.3 is 0 Å². The average molecular weight is 197 g/mol. The van der Waals surface area contributed by atoms with Gasteiger partial charge in [0.25, 0.3) is 0 Å². The predicted octanol–water partition coefficient (Wildman–Crippen LogP) is 3.59. The van der Waals surface area contributed by atoms with E-state index in [0.29, 0.717) is 11.0 Å². The maximum atomic E-state index is 3.69. The Bertz CT molecular complexity index is 172. The molecule has 0 aromatic heterocycles. The summed E-state index contributed by atoms with van der Waals surface area (Å²) in [7, 11) is 0. The Labute approximate surface area is 89.7 Å². The van der Waals surface area contributed by atoms with E-state index in [1.807, 2.05) is 0 Å². The first-order valence-electron chi connectivity index (χ1n) is 6.04. The molecule has 1 nitrogen and oxygen atoms in total. The van der Waals surface area contributed by atoms with Crippen molar-refractivity contribution in [3.8, 4) is 0 Å². The maximum Gasteiger partial charge on any atom is 0.0130 e. The lowest BCUT2D eigenvalue weighted by molar-refractivity contribution is 0.241. The van der Waals surface area contributed by atoms with Gasteiger partial charge in [0, 0.05) is 5.54 Å². The zero-order chi connectivity index (χ0) is 10.8. The molecule has 1 aliphatic carbocycles. The fourth-order valence-electron chi connectivity index (χ4n) is 2.41. The van der Waals surface area contributed by atoms with Crippen LogP contribution in [0, 0.1) is 11.3 Å². The second kappa shape index (κ2) is 4.22. The van der Waals surface area contributed by atoms with Crippen LogP contribution in [0.15, 0.2) is 0 Å². The second-order valence-corrected chi connectivity index (χ2v) is 6.78. The molecule has 0 spiro atoms. The van der Waals surface area contributed by atoms with Crippen molar-refractivity contribution in [1.29, 1.82) is 0 Å². The first-order chi connectivity index (χ1) is 6.29. The van der Waals surface area contributed by atoms with E-state index in [9.17, 15) is 0 Å². The Morgan fingerprint density at radius 2 is 1.64 bits per heavy atom. The third kappa shape index (κ3) is 5.64. The van der Waals surface area contributed by atoms with Crippen LogP contribution in [0.3, 0.4) is 0 Å². The molecule has 84 valence electrons. The molecule has 0 unspecified atom stereocenters. The molecule has 1 heteroatoms. The zero-order valence-electron chi connectivity index (χ0n) is 10.6. The molecule has 1 aliphatic rings. The van der Waals surface area contributed by atoms with Crippen molar-refractivity contribution < 1.29 is 0 Å². The molecule has 0 amide bonds. The highest BCUT2D eigenvalue weighted by Gasteiger charge is 2.26. The van der Waals surface area contributed by atoms with E-state index in [1.165, 1.54) is 32.2 Å². The minimum Gasteiger partial charge on any atom is -0.312 e. The highest BCUT2D eigenvalue weighted by Crippen LogP contribution is 2.32. The lowest BCUT2D eigenvalue weighted by atomic mass is 9.82. The molecule has 0 aromatic rings. The van der Waals surface area contributed by atoms with Crippen LogP contribution >= 0.6 is 0 Å². The van der Waals surface area contributed by atoms with Crippen LogP contribution in [0.4, 0.5) is 0 Å². The average Bonchev–Trinajstić information content (AvgIpc) is 2.64. The fourth-order valence-corrected chi connectivity index (χ4v) is 2.41. The second-order valence-electron chi connectivity index (χ2n) is 6.78. The minimum atomic E-state index is 0.299. The molecule has 0 bridgehead atoms. The van der Waals surface area contributed by atoms with Gasteiger partial charge in [-0.1, -0.05) is 33.6 Å². The molecule has 0 heterocycles. The van der Waals surface area contributed by atoms with Crippen LogP contribution in [0.25, 0.3) is 0 Å². The first kappa shape index (κ1) is 12.0. The molecule has 1 fully saturated rings. The Balaban J connectivity index is 2.18. The smallest absolute Gasteiger partial charge is 0.0130 e. The molecular formula is C13H27N. The maximum absolute atomic E-state index is 3.69. The van der Waals surface area contributed by atoms with E-state index in [1.54, 1.807) is 0 Å². The largest absolute Gasteiger partial charge is 0.312 e. The highest BCUT2D eigenvalue weighted by atomic mass is 15.0. The Kier molecular flexibility index (Phi) is 3.63. The zero-order valence-corrected chi connectivity index (χ0v) is 10.6. The van der Waals surface area contributed by atoms with Gasteiger partial charge in [0.1, 0.15) is 0 Å². The standard InChI is InChI=1S/C13H27N/c1-12(2,3)10-13(4,5)14-9-8-11-6-7-11/h11,14H,6-10H2,1-5H3. The summed E-state index contributed by atoms with van der Waals surface area (Å²) >= 11 is 0. The van der Waals surface area contributed by atoms with E-state index in [-0.39, 0.29) is 0 Å². The van der Waals surface area contributed by atoms with Gasteiger partial charge in [0.05, 0.1) is 0 Å². The third-order valence-electron chi connectivity index (χ3n) is 2.83. The van der Waals surface area contributed by atoms with Gasteiger partial charge in [-0.25, -0.2) is 0 Å². The summed E-state index contributed by atoms with van der Waals surface area (Å²) in [4.78, 5) is 0. The van der Waals surface area contributed by atoms with Crippen molar-refractivity contribution >= 4 is 0 Å². The molecule has 0 aliphatic heterocycles. The molecule has 1 N–H and O–H groups in total. The van der Waals surface area contributed by atoms with Crippen LogP contribution in [-0.2, 0) is 0 Å². The van der Waals surface area contributed by atoms with Crippen molar-refractivity contribution in [3.05, 3.63) is 0 Å². The van der Waals surface area contributed by atoms with Crippen molar-refractivity contribution in [2.45, 2.75) is 65.8 Å². The number of nitrogens with one attached hydrogen (secondary N) is 1. The van der Waals surface area contributed by atoms with E-state index < -0.39 is 0 Å². The summed E-state index contributed by atoms with van der Waals surface area (Å²) in [6.45, 7) is 12.8. The van der Waals surface area contributed by atoms with Gasteiger partial charge < -0.3 is 5.32 Å². The van der Waals surface area contributed by atoms with Crippen molar-refractivity contribution in [2.24, 2.45) is 11.3 Å². The molecule has 0 aromatic carbocycles. The van der Waals surface area contributed by atoms with Gasteiger partial charge in [-0.2, -0.15) is 0 Å². The lowest BCUT2D eigenvalue weighted by Gasteiger charge is -2.33. The van der Waals surface area contributed by atoms with Crippen molar-refractivity contribution in [1.82, 2.24) is 5.32 Å². The summed E-state index contributed by atoms with van der Waals surface area (Å²) in [6, 6.07) is 0. The van der Waals surface area contributed by atoms with Gasteiger partial charge in [-0.05, 0) is 44.6 Å². The molecule has 1 saturated carbocycles. The molecule has 0 atom stereocenters. The summed E-state index contributed by atoms with van der Waals surface area (Å²) in [5, 5.41) is 3.69. The van der Waals surface area contributed by atoms with Gasteiger partial charge in [0.2, 0.25) is 0 Å². The monoisotopic (exact) mass is 197 g/mol. The summed E-state index contributed by atoms with van der Waals surface area (Å²) in [5.74, 6) is 1.05. The van der Waals surface area contributed by atoms with Crippen molar-refractivity contribution in [2.75, 3.05) is 6.54 Å². The van der Waals surface area contributed by atoms with E-state index >= 15 is 0 Å².